The molecule has 0 saturated carbocycles. The van der Waals surface area contributed by atoms with Gasteiger partial charge in [-0.15, -0.1) is 0 Å². The highest BCUT2D eigenvalue weighted by atomic mass is 32.2. The Labute approximate surface area is 86.7 Å². The number of nitrogens with one attached hydrogen (secondary N) is 1. The number of carbonyl (C=O) groups is 2. The van der Waals surface area contributed by atoms with Crippen LogP contribution in [-0.4, -0.2) is 35.6 Å². The van der Waals surface area contributed by atoms with E-state index < -0.39 is 0 Å². The third-order valence-corrected chi connectivity index (χ3v) is 3.23. The smallest absolute Gasteiger partial charge is 0.249 e. The predicted octanol–water partition coefficient (Wildman–Crippen LogP) is 0.313. The second kappa shape index (κ2) is 4.04. The van der Waals surface area contributed by atoms with E-state index in [2.05, 4.69) is 5.32 Å². The fourth-order valence-corrected chi connectivity index (χ4v) is 2.30. The number of rotatable bonds is 1. The number of carbonyl (C=O) groups excluding carboxylic acids is 2. The standard InChI is InChI=1S/C9H12N2O2S/c12-7-6-14-8(10-7)5-9(13)11-3-1-2-4-11/h5H,1-4,6H2,(H,10,12). The molecule has 0 unspecified atom stereocenters. The van der Waals surface area contributed by atoms with Gasteiger partial charge in [-0.25, -0.2) is 0 Å². The monoisotopic (exact) mass is 212 g/mol. The third kappa shape index (κ3) is 2.09. The molecule has 0 aromatic rings. The normalized spacial score (nSPS) is 24.4. The van der Waals surface area contributed by atoms with Crippen molar-refractivity contribution in [1.82, 2.24) is 10.2 Å². The topological polar surface area (TPSA) is 49.4 Å². The summed E-state index contributed by atoms with van der Waals surface area (Å²) >= 11 is 1.39. The molecule has 0 aromatic heterocycles. The molecule has 2 saturated heterocycles. The average Bonchev–Trinajstić information content (AvgIpc) is 2.75. The van der Waals surface area contributed by atoms with E-state index in [0.717, 1.165) is 25.9 Å². The van der Waals surface area contributed by atoms with Gasteiger partial charge in [0.05, 0.1) is 10.8 Å². The second-order valence-corrected chi connectivity index (χ2v) is 4.40. The number of nitrogens with zero attached hydrogens (tertiary/aromatic N) is 1. The van der Waals surface area contributed by atoms with Gasteiger partial charge in [-0.2, -0.15) is 0 Å². The van der Waals surface area contributed by atoms with Gasteiger partial charge in [0.2, 0.25) is 11.8 Å². The Hall–Kier alpha value is -0.970. The zero-order valence-electron chi connectivity index (χ0n) is 7.78. The van der Waals surface area contributed by atoms with Gasteiger partial charge in [-0.3, -0.25) is 9.59 Å². The first-order chi connectivity index (χ1) is 6.75. The molecule has 5 heteroatoms. The van der Waals surface area contributed by atoms with E-state index in [-0.39, 0.29) is 11.8 Å². The van der Waals surface area contributed by atoms with Gasteiger partial charge in [0.1, 0.15) is 0 Å². The quantitative estimate of drug-likeness (QED) is 0.637. The van der Waals surface area contributed by atoms with E-state index in [1.807, 2.05) is 4.90 Å². The Morgan fingerprint density at radius 1 is 1.43 bits per heavy atom. The van der Waals surface area contributed by atoms with Crippen molar-refractivity contribution >= 4 is 23.6 Å². The van der Waals surface area contributed by atoms with Crippen LogP contribution in [0.1, 0.15) is 12.8 Å². The molecule has 2 rings (SSSR count). The fourth-order valence-electron chi connectivity index (χ4n) is 1.57. The number of likely N-dealkylation sites (tertiary alicyclic amines) is 1. The van der Waals surface area contributed by atoms with Gasteiger partial charge < -0.3 is 10.2 Å². The summed E-state index contributed by atoms with van der Waals surface area (Å²) in [6, 6.07) is 0. The minimum atomic E-state index is -0.0181. The fraction of sp³-hybridized carbons (Fsp3) is 0.556. The molecule has 1 N–H and O–H groups in total. The van der Waals surface area contributed by atoms with Gasteiger partial charge in [0.25, 0.3) is 0 Å². The van der Waals surface area contributed by atoms with Crippen molar-refractivity contribution in [3.63, 3.8) is 0 Å². The molecular formula is C9H12N2O2S. The summed E-state index contributed by atoms with van der Waals surface area (Å²) < 4.78 is 0. The van der Waals surface area contributed by atoms with E-state index in [9.17, 15) is 9.59 Å². The van der Waals surface area contributed by atoms with Crippen LogP contribution in [0.5, 0.6) is 0 Å². The van der Waals surface area contributed by atoms with Crippen LogP contribution < -0.4 is 5.32 Å². The Morgan fingerprint density at radius 2 is 2.14 bits per heavy atom. The summed E-state index contributed by atoms with van der Waals surface area (Å²) in [6.07, 6.45) is 3.71. The van der Waals surface area contributed by atoms with E-state index in [1.165, 1.54) is 17.8 Å². The summed E-state index contributed by atoms with van der Waals surface area (Å²) in [4.78, 5) is 24.3. The highest BCUT2D eigenvalue weighted by Crippen LogP contribution is 2.19. The van der Waals surface area contributed by atoms with Crippen LogP contribution in [0.15, 0.2) is 11.1 Å². The lowest BCUT2D eigenvalue weighted by molar-refractivity contribution is -0.125. The van der Waals surface area contributed by atoms with Gasteiger partial charge >= 0.3 is 0 Å². The molecule has 0 spiro atoms. The molecule has 2 fully saturated rings. The van der Waals surface area contributed by atoms with E-state index >= 15 is 0 Å². The number of hydrogen-bond donors (Lipinski definition) is 1. The molecule has 0 aliphatic carbocycles. The molecule has 0 bridgehead atoms. The first kappa shape index (κ1) is 9.58. The molecule has 2 amide bonds. The molecule has 14 heavy (non-hydrogen) atoms. The molecule has 4 nitrogen and oxygen atoms in total. The Morgan fingerprint density at radius 3 is 2.71 bits per heavy atom. The highest BCUT2D eigenvalue weighted by molar-refractivity contribution is 8.04. The van der Waals surface area contributed by atoms with Crippen LogP contribution in [0.25, 0.3) is 0 Å². The van der Waals surface area contributed by atoms with Crippen LogP contribution in [0, 0.1) is 0 Å². The molecule has 2 heterocycles. The molecule has 0 radical (unpaired) electrons. The van der Waals surface area contributed by atoms with Crippen LogP contribution in [0.4, 0.5) is 0 Å². The SMILES string of the molecule is O=C1CSC(=CC(=O)N2CCCC2)N1. The van der Waals surface area contributed by atoms with Crippen molar-refractivity contribution in [2.45, 2.75) is 12.8 Å². The van der Waals surface area contributed by atoms with Crippen molar-refractivity contribution < 1.29 is 9.59 Å². The van der Waals surface area contributed by atoms with Crippen molar-refractivity contribution in [3.05, 3.63) is 11.1 Å². The van der Waals surface area contributed by atoms with Crippen LogP contribution in [0.3, 0.4) is 0 Å². The molecule has 2 aliphatic heterocycles. The zero-order valence-corrected chi connectivity index (χ0v) is 8.60. The average molecular weight is 212 g/mol. The summed E-state index contributed by atoms with van der Waals surface area (Å²) in [5.41, 5.74) is 0. The predicted molar refractivity (Wildman–Crippen MR) is 54.5 cm³/mol. The summed E-state index contributed by atoms with van der Waals surface area (Å²) in [5, 5.41) is 3.33. The Kier molecular flexibility index (Phi) is 2.77. The number of amides is 2. The Balaban J connectivity index is 1.95. The molecule has 2 aliphatic rings. The largest absolute Gasteiger partial charge is 0.339 e. The minimum absolute atomic E-state index is 0.0181. The van der Waals surface area contributed by atoms with E-state index in [1.54, 1.807) is 0 Å². The van der Waals surface area contributed by atoms with Crippen molar-refractivity contribution in [3.8, 4) is 0 Å². The van der Waals surface area contributed by atoms with E-state index in [0.29, 0.717) is 10.8 Å². The van der Waals surface area contributed by atoms with Gasteiger partial charge in [-0.1, -0.05) is 11.8 Å². The van der Waals surface area contributed by atoms with Crippen molar-refractivity contribution in [2.24, 2.45) is 0 Å². The summed E-state index contributed by atoms with van der Waals surface area (Å²) in [5.74, 6) is 0.432. The minimum Gasteiger partial charge on any atom is -0.339 e. The number of hydrogen-bond acceptors (Lipinski definition) is 3. The maximum absolute atomic E-state index is 11.6. The first-order valence-electron chi connectivity index (χ1n) is 4.69. The van der Waals surface area contributed by atoms with E-state index in [4.69, 9.17) is 0 Å². The summed E-state index contributed by atoms with van der Waals surface area (Å²) in [6.45, 7) is 1.70. The lowest BCUT2D eigenvalue weighted by atomic mass is 10.4. The highest BCUT2D eigenvalue weighted by Gasteiger charge is 2.20. The maximum Gasteiger partial charge on any atom is 0.249 e. The lowest BCUT2D eigenvalue weighted by Gasteiger charge is -2.12. The molecule has 0 atom stereocenters. The molecular weight excluding hydrogens is 200 g/mol. The first-order valence-corrected chi connectivity index (χ1v) is 5.67. The zero-order chi connectivity index (χ0) is 9.97. The molecule has 0 aromatic carbocycles. The van der Waals surface area contributed by atoms with Crippen molar-refractivity contribution in [2.75, 3.05) is 18.8 Å². The van der Waals surface area contributed by atoms with Crippen LogP contribution in [-0.2, 0) is 9.59 Å². The van der Waals surface area contributed by atoms with Crippen LogP contribution >= 0.6 is 11.8 Å². The Bertz CT molecular complexity index is 295. The van der Waals surface area contributed by atoms with Gasteiger partial charge in [-0.05, 0) is 12.8 Å². The van der Waals surface area contributed by atoms with Gasteiger partial charge in [0.15, 0.2) is 0 Å². The van der Waals surface area contributed by atoms with Gasteiger partial charge in [0, 0.05) is 19.2 Å². The molecule has 76 valence electrons. The van der Waals surface area contributed by atoms with Crippen molar-refractivity contribution in [1.29, 1.82) is 0 Å². The third-order valence-electron chi connectivity index (χ3n) is 2.29. The maximum atomic E-state index is 11.6. The number of thioether (sulfide) groups is 1. The summed E-state index contributed by atoms with van der Waals surface area (Å²) in [7, 11) is 0. The van der Waals surface area contributed by atoms with Crippen LogP contribution in [0.2, 0.25) is 0 Å². The lowest BCUT2D eigenvalue weighted by Crippen LogP contribution is -2.26. The second-order valence-electron chi connectivity index (χ2n) is 3.38.